The molecule has 1 fully saturated rings. The third-order valence-electron chi connectivity index (χ3n) is 2.74. The van der Waals surface area contributed by atoms with E-state index in [9.17, 15) is 4.79 Å². The average Bonchev–Trinajstić information content (AvgIpc) is 2.81. The molecule has 0 bridgehead atoms. The van der Waals surface area contributed by atoms with Crippen LogP contribution in [0.15, 0.2) is 22.7 Å². The fraction of sp³-hybridized carbons (Fsp3) is 0.417. The van der Waals surface area contributed by atoms with Crippen LogP contribution in [0, 0.1) is 5.92 Å². The van der Waals surface area contributed by atoms with Crippen LogP contribution in [0.2, 0.25) is 0 Å². The number of halogens is 1. The lowest BCUT2D eigenvalue weighted by atomic mass is 9.97. The molecule has 2 nitrogen and oxygen atoms in total. The summed E-state index contributed by atoms with van der Waals surface area (Å²) in [7, 11) is 1.62. The summed E-state index contributed by atoms with van der Waals surface area (Å²) in [4.78, 5) is 12.1. The second-order valence-corrected chi connectivity index (χ2v) is 5.78. The lowest BCUT2D eigenvalue weighted by Crippen LogP contribution is -2.13. The van der Waals surface area contributed by atoms with E-state index in [0.29, 0.717) is 0 Å². The van der Waals surface area contributed by atoms with Gasteiger partial charge in [0.1, 0.15) is 5.75 Å². The van der Waals surface area contributed by atoms with Crippen molar-refractivity contribution in [1.29, 1.82) is 0 Å². The van der Waals surface area contributed by atoms with Gasteiger partial charge in [-0.05, 0) is 46.3 Å². The summed E-state index contributed by atoms with van der Waals surface area (Å²) < 4.78 is 5.98. The number of hydrogen-bond acceptors (Lipinski definition) is 3. The number of methoxy groups -OCH3 is 1. The van der Waals surface area contributed by atoms with E-state index in [0.717, 1.165) is 33.7 Å². The summed E-state index contributed by atoms with van der Waals surface area (Å²) in [5, 5.41) is 0. The Labute approximate surface area is 108 Å². The predicted molar refractivity (Wildman–Crippen MR) is 70.5 cm³/mol. The van der Waals surface area contributed by atoms with Crippen LogP contribution in [0.3, 0.4) is 0 Å². The minimum absolute atomic E-state index is 0.199. The van der Waals surface area contributed by atoms with Gasteiger partial charge in [-0.25, -0.2) is 0 Å². The number of rotatable bonds is 3. The Morgan fingerprint density at radius 2 is 2.38 bits per heavy atom. The molecule has 1 aliphatic rings. The maximum Gasteiger partial charge on any atom is 0.166 e. The van der Waals surface area contributed by atoms with Crippen molar-refractivity contribution in [3.8, 4) is 5.75 Å². The molecule has 1 heterocycles. The van der Waals surface area contributed by atoms with Crippen molar-refractivity contribution < 1.29 is 9.53 Å². The highest BCUT2D eigenvalue weighted by atomic mass is 79.9. The molecule has 0 radical (unpaired) electrons. The molecule has 1 aromatic rings. The lowest BCUT2D eigenvalue weighted by molar-refractivity contribution is 0.0933. The van der Waals surface area contributed by atoms with Crippen LogP contribution in [-0.2, 0) is 0 Å². The summed E-state index contributed by atoms with van der Waals surface area (Å²) in [5.74, 6) is 3.28. The monoisotopic (exact) mass is 300 g/mol. The maximum absolute atomic E-state index is 12.1. The highest BCUT2D eigenvalue weighted by Crippen LogP contribution is 2.30. The molecule has 1 saturated heterocycles. The van der Waals surface area contributed by atoms with E-state index in [2.05, 4.69) is 15.9 Å². The number of ether oxygens (including phenoxy) is 1. The molecule has 0 aliphatic carbocycles. The Kier molecular flexibility index (Phi) is 3.92. The number of thioether (sulfide) groups is 1. The van der Waals surface area contributed by atoms with Crippen molar-refractivity contribution in [1.82, 2.24) is 0 Å². The number of ketones is 1. The van der Waals surface area contributed by atoms with E-state index in [4.69, 9.17) is 4.74 Å². The SMILES string of the molecule is COc1ccc(C(=O)C2CCSC2)cc1Br. The van der Waals surface area contributed by atoms with Crippen LogP contribution in [0.25, 0.3) is 0 Å². The van der Waals surface area contributed by atoms with Crippen LogP contribution in [0.4, 0.5) is 0 Å². The van der Waals surface area contributed by atoms with Gasteiger partial charge in [0, 0.05) is 17.2 Å². The number of carbonyl (C=O) groups excluding carboxylic acids is 1. The second-order valence-electron chi connectivity index (χ2n) is 3.77. The summed E-state index contributed by atoms with van der Waals surface area (Å²) in [6.07, 6.45) is 1.01. The maximum atomic E-state index is 12.1. The fourth-order valence-corrected chi connectivity index (χ4v) is 3.56. The zero-order valence-corrected chi connectivity index (χ0v) is 11.4. The molecule has 1 aliphatic heterocycles. The molecule has 0 N–H and O–H groups in total. The molecule has 0 spiro atoms. The Morgan fingerprint density at radius 1 is 1.56 bits per heavy atom. The van der Waals surface area contributed by atoms with Gasteiger partial charge in [-0.15, -0.1) is 0 Å². The Bertz CT molecular complexity index is 400. The molecule has 0 aromatic heterocycles. The minimum atomic E-state index is 0.199. The molecular formula is C12H13BrO2S. The van der Waals surface area contributed by atoms with Crippen molar-refractivity contribution in [3.63, 3.8) is 0 Å². The smallest absolute Gasteiger partial charge is 0.166 e. The molecule has 1 unspecified atom stereocenters. The first kappa shape index (κ1) is 12.0. The van der Waals surface area contributed by atoms with E-state index >= 15 is 0 Å². The molecule has 86 valence electrons. The van der Waals surface area contributed by atoms with Gasteiger partial charge >= 0.3 is 0 Å². The zero-order valence-electron chi connectivity index (χ0n) is 9.03. The van der Waals surface area contributed by atoms with Gasteiger partial charge in [-0.1, -0.05) is 0 Å². The van der Waals surface area contributed by atoms with E-state index in [-0.39, 0.29) is 11.7 Å². The van der Waals surface area contributed by atoms with Gasteiger partial charge in [-0.3, -0.25) is 4.79 Å². The third kappa shape index (κ3) is 2.43. The first-order chi connectivity index (χ1) is 7.72. The van der Waals surface area contributed by atoms with Crippen LogP contribution >= 0.6 is 27.7 Å². The highest BCUT2D eigenvalue weighted by molar-refractivity contribution is 9.10. The van der Waals surface area contributed by atoms with Gasteiger partial charge in [0.25, 0.3) is 0 Å². The van der Waals surface area contributed by atoms with Gasteiger partial charge in [0.15, 0.2) is 5.78 Å². The van der Waals surface area contributed by atoms with E-state index < -0.39 is 0 Å². The van der Waals surface area contributed by atoms with Gasteiger partial charge < -0.3 is 4.74 Å². The lowest BCUT2D eigenvalue weighted by Gasteiger charge is -2.09. The number of Topliss-reactive ketones (excluding diaryl/α,β-unsaturated/α-hetero) is 1. The van der Waals surface area contributed by atoms with Gasteiger partial charge in [-0.2, -0.15) is 11.8 Å². The van der Waals surface area contributed by atoms with Crippen molar-refractivity contribution in [2.45, 2.75) is 6.42 Å². The zero-order chi connectivity index (χ0) is 11.5. The molecule has 1 aromatic carbocycles. The Hall–Kier alpha value is -0.480. The van der Waals surface area contributed by atoms with Crippen molar-refractivity contribution >= 4 is 33.5 Å². The minimum Gasteiger partial charge on any atom is -0.496 e. The predicted octanol–water partition coefficient (Wildman–Crippen LogP) is 3.39. The van der Waals surface area contributed by atoms with Crippen molar-refractivity contribution in [2.75, 3.05) is 18.6 Å². The Morgan fingerprint density at radius 3 is 2.94 bits per heavy atom. The Balaban J connectivity index is 2.20. The first-order valence-electron chi connectivity index (χ1n) is 5.18. The van der Waals surface area contributed by atoms with Crippen LogP contribution < -0.4 is 4.74 Å². The topological polar surface area (TPSA) is 26.3 Å². The van der Waals surface area contributed by atoms with Crippen LogP contribution in [0.5, 0.6) is 5.75 Å². The van der Waals surface area contributed by atoms with Crippen LogP contribution in [0.1, 0.15) is 16.8 Å². The standard InChI is InChI=1S/C12H13BrO2S/c1-15-11-3-2-8(6-10(11)13)12(14)9-4-5-16-7-9/h2-3,6,9H,4-5,7H2,1H3. The van der Waals surface area contributed by atoms with E-state index in [1.807, 2.05) is 30.0 Å². The first-order valence-corrected chi connectivity index (χ1v) is 7.12. The second kappa shape index (κ2) is 5.23. The van der Waals surface area contributed by atoms with Gasteiger partial charge in [0.2, 0.25) is 0 Å². The molecular weight excluding hydrogens is 288 g/mol. The summed E-state index contributed by atoms with van der Waals surface area (Å²) in [6, 6.07) is 5.53. The van der Waals surface area contributed by atoms with E-state index in [1.54, 1.807) is 7.11 Å². The third-order valence-corrected chi connectivity index (χ3v) is 4.52. The summed E-state index contributed by atoms with van der Waals surface area (Å²) in [6.45, 7) is 0. The van der Waals surface area contributed by atoms with Gasteiger partial charge in [0.05, 0.1) is 11.6 Å². The highest BCUT2D eigenvalue weighted by Gasteiger charge is 2.24. The molecule has 1 atom stereocenters. The van der Waals surface area contributed by atoms with Crippen LogP contribution in [-0.4, -0.2) is 24.4 Å². The summed E-state index contributed by atoms with van der Waals surface area (Å²) >= 11 is 5.26. The van der Waals surface area contributed by atoms with E-state index in [1.165, 1.54) is 0 Å². The number of benzene rings is 1. The number of hydrogen-bond donors (Lipinski definition) is 0. The molecule has 0 amide bonds. The van der Waals surface area contributed by atoms with Crippen molar-refractivity contribution in [2.24, 2.45) is 5.92 Å². The molecule has 0 saturated carbocycles. The average molecular weight is 301 g/mol. The quantitative estimate of drug-likeness (QED) is 0.801. The molecule has 4 heteroatoms. The number of carbonyl (C=O) groups is 1. The molecule has 2 rings (SSSR count). The largest absolute Gasteiger partial charge is 0.496 e. The normalized spacial score (nSPS) is 19.8. The summed E-state index contributed by atoms with van der Waals surface area (Å²) in [5.41, 5.74) is 0.778. The van der Waals surface area contributed by atoms with Crippen molar-refractivity contribution in [3.05, 3.63) is 28.2 Å². The molecule has 16 heavy (non-hydrogen) atoms. The fourth-order valence-electron chi connectivity index (χ4n) is 1.80.